The molecule has 2 aromatic rings. The van der Waals surface area contributed by atoms with Crippen molar-refractivity contribution in [1.82, 2.24) is 9.97 Å². The number of aromatic nitrogens is 2. The van der Waals surface area contributed by atoms with Crippen LogP contribution in [0.2, 0.25) is 0 Å². The summed E-state index contributed by atoms with van der Waals surface area (Å²) in [5.74, 6) is -0.252. The van der Waals surface area contributed by atoms with Gasteiger partial charge in [0.1, 0.15) is 6.26 Å². The Hall–Kier alpha value is -2.18. The second-order valence-corrected chi connectivity index (χ2v) is 2.11. The van der Waals surface area contributed by atoms with Gasteiger partial charge < -0.3 is 18.9 Å². The van der Waals surface area contributed by atoms with Gasteiger partial charge in [0.25, 0.3) is 0 Å². The molecule has 2 heterocycles. The highest BCUT2D eigenvalue weighted by Crippen LogP contribution is 2.19. The van der Waals surface area contributed by atoms with E-state index in [1.54, 1.807) is 0 Å². The van der Waals surface area contributed by atoms with Crippen molar-refractivity contribution in [3.05, 3.63) is 28.8 Å². The number of nitrogens with zero attached hydrogens (tertiary/aromatic N) is 3. The van der Waals surface area contributed by atoms with Crippen molar-refractivity contribution in [2.45, 2.75) is 0 Å². The van der Waals surface area contributed by atoms with Gasteiger partial charge in [-0.15, -0.1) is 0 Å². The molecule has 0 aliphatic carbocycles. The summed E-state index contributed by atoms with van der Waals surface area (Å²) in [6, 6.07) is 0. The first-order chi connectivity index (χ1) is 6.27. The van der Waals surface area contributed by atoms with E-state index in [0.29, 0.717) is 0 Å². The first kappa shape index (κ1) is 7.47. The number of hydrogen-bond donors (Lipinski definition) is 0. The minimum absolute atomic E-state index is 0.00306. The van der Waals surface area contributed by atoms with Crippen LogP contribution in [0, 0.1) is 10.1 Å². The molecular weight excluding hydrogens is 178 g/mol. The summed E-state index contributed by atoms with van der Waals surface area (Å²) < 4.78 is 9.58. The van der Waals surface area contributed by atoms with Crippen molar-refractivity contribution in [3.8, 4) is 11.8 Å². The Labute approximate surface area is 71.2 Å². The van der Waals surface area contributed by atoms with Crippen molar-refractivity contribution in [1.29, 1.82) is 0 Å². The van der Waals surface area contributed by atoms with Gasteiger partial charge in [-0.1, -0.05) is 0 Å². The van der Waals surface area contributed by atoms with Gasteiger partial charge in [-0.2, -0.15) is 0 Å². The van der Waals surface area contributed by atoms with E-state index in [1.807, 2.05) is 0 Å². The summed E-state index contributed by atoms with van der Waals surface area (Å²) >= 11 is 0. The molecule has 0 saturated heterocycles. The molecule has 0 atom stereocenters. The molecule has 0 unspecified atom stereocenters. The lowest BCUT2D eigenvalue weighted by molar-refractivity contribution is -0.389. The third-order valence-corrected chi connectivity index (χ3v) is 1.29. The normalized spacial score (nSPS) is 10.2. The van der Waals surface area contributed by atoms with Crippen LogP contribution < -0.4 is 0 Å². The molecule has 0 spiro atoms. The second kappa shape index (κ2) is 2.70. The zero-order valence-corrected chi connectivity index (χ0v) is 6.21. The molecule has 0 N–H and O–H groups in total. The lowest BCUT2D eigenvalue weighted by atomic mass is 10.6. The highest BCUT2D eigenvalue weighted by atomic mass is 16.6. The topological polar surface area (TPSA) is 95.2 Å². The zero-order chi connectivity index (χ0) is 9.26. The third kappa shape index (κ3) is 1.26. The zero-order valence-electron chi connectivity index (χ0n) is 6.21. The predicted octanol–water partition coefficient (Wildman–Crippen LogP) is 1.24. The molecule has 0 amide bonds. The molecule has 13 heavy (non-hydrogen) atoms. The van der Waals surface area contributed by atoms with Crippen LogP contribution in [0.25, 0.3) is 11.8 Å². The van der Waals surface area contributed by atoms with Crippen LogP contribution in [0.15, 0.2) is 27.6 Å². The van der Waals surface area contributed by atoms with E-state index in [4.69, 9.17) is 8.83 Å². The van der Waals surface area contributed by atoms with Crippen molar-refractivity contribution in [2.75, 3.05) is 0 Å². The van der Waals surface area contributed by atoms with E-state index >= 15 is 0 Å². The molecule has 0 aliphatic heterocycles. The van der Waals surface area contributed by atoms with Crippen LogP contribution >= 0.6 is 0 Å². The van der Waals surface area contributed by atoms with Crippen LogP contribution in [0.5, 0.6) is 0 Å². The Balaban J connectivity index is 2.39. The molecule has 7 heteroatoms. The largest absolute Gasteiger partial charge is 0.439 e. The van der Waals surface area contributed by atoms with Gasteiger partial charge in [0.15, 0.2) is 6.26 Å². The van der Waals surface area contributed by atoms with Crippen LogP contribution in [-0.4, -0.2) is 14.9 Å². The van der Waals surface area contributed by atoms with Gasteiger partial charge in [0, 0.05) is 4.98 Å². The predicted molar refractivity (Wildman–Crippen MR) is 38.7 cm³/mol. The summed E-state index contributed by atoms with van der Waals surface area (Å²) in [6.07, 6.45) is 3.65. The smallest absolute Gasteiger partial charge is 0.403 e. The number of oxazole rings is 2. The maximum Gasteiger partial charge on any atom is 0.403 e. The Kier molecular flexibility index (Phi) is 1.55. The molecule has 0 bridgehead atoms. The fourth-order valence-corrected chi connectivity index (χ4v) is 0.776. The molecule has 0 radical (unpaired) electrons. The summed E-state index contributed by atoms with van der Waals surface area (Å²) in [6.45, 7) is 0. The van der Waals surface area contributed by atoms with Gasteiger partial charge >= 0.3 is 17.6 Å². The van der Waals surface area contributed by atoms with Gasteiger partial charge in [0.05, 0.1) is 6.20 Å². The average Bonchev–Trinajstić information content (AvgIpc) is 2.75. The van der Waals surface area contributed by atoms with Crippen molar-refractivity contribution in [3.63, 3.8) is 0 Å². The Bertz CT molecular complexity index is 419. The molecular formula is C6H3N3O4. The monoisotopic (exact) mass is 181 g/mol. The first-order valence-corrected chi connectivity index (χ1v) is 3.27. The van der Waals surface area contributed by atoms with Crippen molar-refractivity contribution < 1.29 is 13.8 Å². The van der Waals surface area contributed by atoms with Crippen molar-refractivity contribution >= 4 is 5.82 Å². The van der Waals surface area contributed by atoms with E-state index in [0.717, 1.165) is 6.26 Å². The van der Waals surface area contributed by atoms with Gasteiger partial charge in [-0.05, 0) is 4.92 Å². The fourth-order valence-electron chi connectivity index (χ4n) is 0.776. The van der Waals surface area contributed by atoms with Crippen LogP contribution in [0.1, 0.15) is 0 Å². The van der Waals surface area contributed by atoms with E-state index in [2.05, 4.69) is 9.97 Å². The van der Waals surface area contributed by atoms with Gasteiger partial charge in [-0.3, -0.25) is 0 Å². The number of hydrogen-bond acceptors (Lipinski definition) is 6. The lowest BCUT2D eigenvalue weighted by Crippen LogP contribution is -1.87. The minimum Gasteiger partial charge on any atom is -0.439 e. The molecule has 2 rings (SSSR count). The van der Waals surface area contributed by atoms with E-state index in [1.165, 1.54) is 12.5 Å². The minimum atomic E-state index is -0.657. The second-order valence-electron chi connectivity index (χ2n) is 2.11. The van der Waals surface area contributed by atoms with Crippen LogP contribution in [0.3, 0.4) is 0 Å². The Morgan fingerprint density at radius 3 is 2.77 bits per heavy atom. The highest BCUT2D eigenvalue weighted by molar-refractivity contribution is 5.39. The molecule has 0 saturated carbocycles. The molecule has 0 aliphatic rings. The molecule has 66 valence electrons. The first-order valence-electron chi connectivity index (χ1n) is 3.27. The van der Waals surface area contributed by atoms with Crippen LogP contribution in [-0.2, 0) is 0 Å². The Morgan fingerprint density at radius 1 is 1.38 bits per heavy atom. The molecule has 0 fully saturated rings. The molecule has 0 aromatic carbocycles. The maximum atomic E-state index is 10.2. The van der Waals surface area contributed by atoms with E-state index in [9.17, 15) is 10.1 Å². The van der Waals surface area contributed by atoms with E-state index < -0.39 is 4.92 Å². The number of nitro groups is 1. The summed E-state index contributed by atoms with van der Waals surface area (Å²) in [5, 5.41) is 10.2. The third-order valence-electron chi connectivity index (χ3n) is 1.29. The summed E-state index contributed by atoms with van der Waals surface area (Å²) in [5.41, 5.74) is 0. The van der Waals surface area contributed by atoms with Crippen LogP contribution in [0.4, 0.5) is 5.82 Å². The number of rotatable bonds is 2. The summed E-state index contributed by atoms with van der Waals surface area (Å²) in [7, 11) is 0. The summed E-state index contributed by atoms with van der Waals surface area (Å²) in [4.78, 5) is 16.8. The molecule has 2 aromatic heterocycles. The van der Waals surface area contributed by atoms with Gasteiger partial charge in [0.2, 0.25) is 0 Å². The van der Waals surface area contributed by atoms with Gasteiger partial charge in [-0.25, -0.2) is 4.98 Å². The Morgan fingerprint density at radius 2 is 2.23 bits per heavy atom. The highest BCUT2D eigenvalue weighted by Gasteiger charge is 2.20. The van der Waals surface area contributed by atoms with E-state index in [-0.39, 0.29) is 17.6 Å². The standard InChI is InChI=1S/C6H3N3O4/c10-9(11)4-3-13-6(8-4)5-7-1-2-12-5/h1-3H. The fraction of sp³-hybridized carbons (Fsp3) is 0. The lowest BCUT2D eigenvalue weighted by Gasteiger charge is -1.80. The quantitative estimate of drug-likeness (QED) is 0.510. The maximum absolute atomic E-state index is 10.2. The van der Waals surface area contributed by atoms with Crippen molar-refractivity contribution in [2.24, 2.45) is 0 Å². The molecule has 7 nitrogen and oxygen atoms in total. The average molecular weight is 181 g/mol. The SMILES string of the molecule is O=[N+]([O-])c1coc(-c2ncco2)n1.